The van der Waals surface area contributed by atoms with Crippen LogP contribution in [0.2, 0.25) is 0 Å². The van der Waals surface area contributed by atoms with E-state index in [0.717, 1.165) is 12.8 Å². The Kier molecular flexibility index (Phi) is 13.5. The topological polar surface area (TPSA) is 29.1 Å². The van der Waals surface area contributed by atoms with Crippen molar-refractivity contribution in [3.8, 4) is 0 Å². The predicted molar refractivity (Wildman–Crippen MR) is 84.3 cm³/mol. The minimum absolute atomic E-state index is 0.252. The summed E-state index contributed by atoms with van der Waals surface area (Å²) in [7, 11) is 1.76. The summed E-state index contributed by atoms with van der Waals surface area (Å²) in [6, 6.07) is 0. The number of carbonyl (C=O) groups excluding carboxylic acids is 1. The fraction of sp³-hybridized carbons (Fsp3) is 0.941. The molecule has 1 N–H and O–H groups in total. The van der Waals surface area contributed by atoms with Gasteiger partial charge in [-0.05, 0) is 12.8 Å². The van der Waals surface area contributed by atoms with Crippen molar-refractivity contribution < 1.29 is 4.79 Å². The van der Waals surface area contributed by atoms with E-state index >= 15 is 0 Å². The molecule has 0 spiro atoms. The van der Waals surface area contributed by atoms with Crippen LogP contribution in [0.5, 0.6) is 0 Å². The lowest BCUT2D eigenvalue weighted by Gasteiger charge is -2.15. The van der Waals surface area contributed by atoms with Crippen LogP contribution in [0.4, 0.5) is 0 Å². The van der Waals surface area contributed by atoms with Crippen LogP contribution in [0.1, 0.15) is 90.9 Å². The first-order valence-corrected chi connectivity index (χ1v) is 8.47. The molecule has 114 valence electrons. The average molecular weight is 269 g/mol. The molecule has 1 amide bonds. The molecular formula is C17H35NO. The molecule has 0 aliphatic heterocycles. The first-order valence-electron chi connectivity index (χ1n) is 8.47. The van der Waals surface area contributed by atoms with E-state index in [4.69, 9.17) is 0 Å². The van der Waals surface area contributed by atoms with Crippen molar-refractivity contribution in [3.05, 3.63) is 0 Å². The molecule has 0 rings (SSSR count). The zero-order chi connectivity index (χ0) is 14.3. The SMILES string of the molecule is CCCCCCCCC[C@H](CCCCC)C(=O)NC. The molecule has 0 aliphatic rings. The maximum atomic E-state index is 11.8. The molecule has 0 saturated heterocycles. The summed E-state index contributed by atoms with van der Waals surface area (Å²) < 4.78 is 0. The number of rotatable bonds is 13. The average Bonchev–Trinajstić information content (AvgIpc) is 2.43. The standard InChI is InChI=1S/C17H35NO/c1-4-6-8-9-10-11-13-15-16(17(19)18-3)14-12-7-5-2/h16H,4-15H2,1-3H3,(H,18,19)/t16-/m0/s1. The van der Waals surface area contributed by atoms with E-state index in [-0.39, 0.29) is 11.8 Å². The van der Waals surface area contributed by atoms with Gasteiger partial charge in [-0.25, -0.2) is 0 Å². The van der Waals surface area contributed by atoms with E-state index in [9.17, 15) is 4.79 Å². The van der Waals surface area contributed by atoms with Crippen molar-refractivity contribution in [1.29, 1.82) is 0 Å². The van der Waals surface area contributed by atoms with E-state index in [1.165, 1.54) is 64.2 Å². The van der Waals surface area contributed by atoms with Gasteiger partial charge in [0.25, 0.3) is 0 Å². The molecule has 1 atom stereocenters. The van der Waals surface area contributed by atoms with Crippen molar-refractivity contribution >= 4 is 5.91 Å². The maximum absolute atomic E-state index is 11.8. The quantitative estimate of drug-likeness (QED) is 0.465. The fourth-order valence-corrected chi connectivity index (χ4v) is 2.60. The van der Waals surface area contributed by atoms with E-state index in [1.807, 2.05) is 0 Å². The second kappa shape index (κ2) is 13.9. The summed E-state index contributed by atoms with van der Waals surface area (Å²) in [5.74, 6) is 0.509. The molecule has 2 nitrogen and oxygen atoms in total. The van der Waals surface area contributed by atoms with Gasteiger partial charge in [-0.15, -0.1) is 0 Å². The third-order valence-electron chi connectivity index (χ3n) is 3.93. The van der Waals surface area contributed by atoms with Gasteiger partial charge in [0, 0.05) is 13.0 Å². The molecule has 2 heteroatoms. The molecule has 19 heavy (non-hydrogen) atoms. The van der Waals surface area contributed by atoms with Gasteiger partial charge in [-0.3, -0.25) is 4.79 Å². The molecule has 0 radical (unpaired) electrons. The Bertz CT molecular complexity index is 203. The summed E-state index contributed by atoms with van der Waals surface area (Å²) in [6.45, 7) is 4.47. The first kappa shape index (κ1) is 18.5. The number of carbonyl (C=O) groups is 1. The smallest absolute Gasteiger partial charge is 0.222 e. The summed E-state index contributed by atoms with van der Waals surface area (Å²) in [4.78, 5) is 11.8. The third kappa shape index (κ3) is 11.0. The highest BCUT2D eigenvalue weighted by molar-refractivity contribution is 5.78. The lowest BCUT2D eigenvalue weighted by Crippen LogP contribution is -2.27. The molecule has 0 aliphatic carbocycles. The van der Waals surface area contributed by atoms with Gasteiger partial charge in [0.1, 0.15) is 0 Å². The van der Waals surface area contributed by atoms with Gasteiger partial charge in [0.05, 0.1) is 0 Å². The van der Waals surface area contributed by atoms with Crippen LogP contribution in [0, 0.1) is 5.92 Å². The van der Waals surface area contributed by atoms with Crippen molar-refractivity contribution in [3.63, 3.8) is 0 Å². The third-order valence-corrected chi connectivity index (χ3v) is 3.93. The Morgan fingerprint density at radius 2 is 1.21 bits per heavy atom. The molecule has 0 fully saturated rings. The number of unbranched alkanes of at least 4 members (excludes halogenated alkanes) is 8. The molecule has 0 saturated carbocycles. The lowest BCUT2D eigenvalue weighted by molar-refractivity contribution is -0.125. The van der Waals surface area contributed by atoms with Gasteiger partial charge in [0.2, 0.25) is 5.91 Å². The molecule has 0 aromatic rings. The van der Waals surface area contributed by atoms with Gasteiger partial charge >= 0.3 is 0 Å². The summed E-state index contributed by atoms with van der Waals surface area (Å²) in [6.07, 6.45) is 15.1. The van der Waals surface area contributed by atoms with E-state index in [2.05, 4.69) is 19.2 Å². The van der Waals surface area contributed by atoms with Crippen molar-refractivity contribution in [1.82, 2.24) is 5.32 Å². The summed E-state index contributed by atoms with van der Waals surface area (Å²) >= 11 is 0. The normalized spacial score (nSPS) is 12.4. The highest BCUT2D eigenvalue weighted by Crippen LogP contribution is 2.18. The monoisotopic (exact) mass is 269 g/mol. The van der Waals surface area contributed by atoms with Gasteiger partial charge in [0.15, 0.2) is 0 Å². The van der Waals surface area contributed by atoms with Crippen LogP contribution in [-0.2, 0) is 4.79 Å². The lowest BCUT2D eigenvalue weighted by atomic mass is 9.94. The first-order chi connectivity index (χ1) is 9.26. The zero-order valence-electron chi connectivity index (χ0n) is 13.5. The molecule has 0 unspecified atom stereocenters. The van der Waals surface area contributed by atoms with Crippen molar-refractivity contribution in [2.24, 2.45) is 5.92 Å². The second-order valence-electron chi connectivity index (χ2n) is 5.72. The number of hydrogen-bond donors (Lipinski definition) is 1. The molecule has 0 heterocycles. The van der Waals surface area contributed by atoms with Gasteiger partial charge < -0.3 is 5.32 Å². The van der Waals surface area contributed by atoms with E-state index in [0.29, 0.717) is 0 Å². The Labute approximate surface area is 120 Å². The molecular weight excluding hydrogens is 234 g/mol. The minimum atomic E-state index is 0.252. The van der Waals surface area contributed by atoms with Crippen LogP contribution in [0.15, 0.2) is 0 Å². The number of hydrogen-bond acceptors (Lipinski definition) is 1. The fourth-order valence-electron chi connectivity index (χ4n) is 2.60. The van der Waals surface area contributed by atoms with Crippen LogP contribution in [0.3, 0.4) is 0 Å². The predicted octanol–water partition coefficient (Wildman–Crippen LogP) is 5.07. The highest BCUT2D eigenvalue weighted by Gasteiger charge is 2.15. The van der Waals surface area contributed by atoms with Crippen molar-refractivity contribution in [2.75, 3.05) is 7.05 Å². The maximum Gasteiger partial charge on any atom is 0.222 e. The van der Waals surface area contributed by atoms with Gasteiger partial charge in [-0.1, -0.05) is 78.1 Å². The number of nitrogens with one attached hydrogen (secondary N) is 1. The van der Waals surface area contributed by atoms with E-state index in [1.54, 1.807) is 7.05 Å². The Morgan fingerprint density at radius 3 is 1.74 bits per heavy atom. The molecule has 0 aromatic heterocycles. The van der Waals surface area contributed by atoms with Crippen LogP contribution >= 0.6 is 0 Å². The second-order valence-corrected chi connectivity index (χ2v) is 5.72. The Hall–Kier alpha value is -0.530. The van der Waals surface area contributed by atoms with Crippen molar-refractivity contribution in [2.45, 2.75) is 90.9 Å². The van der Waals surface area contributed by atoms with Crippen LogP contribution in [0.25, 0.3) is 0 Å². The summed E-state index contributed by atoms with van der Waals surface area (Å²) in [5.41, 5.74) is 0. The highest BCUT2D eigenvalue weighted by atomic mass is 16.1. The van der Waals surface area contributed by atoms with Gasteiger partial charge in [-0.2, -0.15) is 0 Å². The molecule has 0 bridgehead atoms. The van der Waals surface area contributed by atoms with Crippen LogP contribution < -0.4 is 5.32 Å². The molecule has 0 aromatic carbocycles. The van der Waals surface area contributed by atoms with E-state index < -0.39 is 0 Å². The number of amides is 1. The largest absolute Gasteiger partial charge is 0.359 e. The minimum Gasteiger partial charge on any atom is -0.359 e. The Morgan fingerprint density at radius 1 is 0.789 bits per heavy atom. The van der Waals surface area contributed by atoms with Crippen LogP contribution in [-0.4, -0.2) is 13.0 Å². The zero-order valence-corrected chi connectivity index (χ0v) is 13.5. The summed E-state index contributed by atoms with van der Waals surface area (Å²) in [5, 5.41) is 2.82. The Balaban J connectivity index is 3.64.